The number of hydrogen-bond acceptors (Lipinski definition) is 4. The normalized spacial score (nSPS) is 18.8. The molecule has 2 N–H and O–H groups in total. The monoisotopic (exact) mass is 289 g/mol. The minimum Gasteiger partial charge on any atom is -0.503 e. The Morgan fingerprint density at radius 1 is 1.29 bits per heavy atom. The lowest BCUT2D eigenvalue weighted by atomic mass is 9.94. The molecule has 1 unspecified atom stereocenters. The number of aliphatic hydroxyl groups is 2. The van der Waals surface area contributed by atoms with Gasteiger partial charge in [-0.25, -0.2) is 0 Å². The fourth-order valence-electron chi connectivity index (χ4n) is 2.57. The summed E-state index contributed by atoms with van der Waals surface area (Å²) in [4.78, 5) is 24.7. The summed E-state index contributed by atoms with van der Waals surface area (Å²) in [6.45, 7) is 4.88. The molecule has 21 heavy (non-hydrogen) atoms. The molecule has 112 valence electrons. The van der Waals surface area contributed by atoms with Gasteiger partial charge in [-0.3, -0.25) is 9.59 Å². The van der Waals surface area contributed by atoms with Gasteiger partial charge in [0.25, 0.3) is 5.91 Å². The standard InChI is InChI=1S/C16H19NO4/c1-9(2)11-4-6-12(7-5-11)14-13(10(3)19)15(20)16(21)17(14)8-18/h4-7,9,14,18,20H,8H2,1-3H3. The molecule has 1 atom stereocenters. The summed E-state index contributed by atoms with van der Waals surface area (Å²) >= 11 is 0. The van der Waals surface area contributed by atoms with Crippen molar-refractivity contribution in [2.24, 2.45) is 0 Å². The highest BCUT2D eigenvalue weighted by molar-refractivity contribution is 6.08. The van der Waals surface area contributed by atoms with Crippen LogP contribution in [-0.2, 0) is 9.59 Å². The van der Waals surface area contributed by atoms with Crippen molar-refractivity contribution >= 4 is 11.7 Å². The first kappa shape index (κ1) is 15.3. The van der Waals surface area contributed by atoms with E-state index < -0.39 is 24.4 Å². The van der Waals surface area contributed by atoms with E-state index in [-0.39, 0.29) is 11.4 Å². The Hall–Kier alpha value is -2.14. The first-order chi connectivity index (χ1) is 9.88. The number of carbonyl (C=O) groups is 2. The van der Waals surface area contributed by atoms with Crippen molar-refractivity contribution in [1.29, 1.82) is 0 Å². The molecule has 0 aliphatic carbocycles. The Labute approximate surface area is 123 Å². The molecule has 5 heteroatoms. The molecular formula is C16H19NO4. The summed E-state index contributed by atoms with van der Waals surface area (Å²) in [6.07, 6.45) is 0. The van der Waals surface area contributed by atoms with Gasteiger partial charge >= 0.3 is 0 Å². The van der Waals surface area contributed by atoms with Crippen LogP contribution in [0.15, 0.2) is 35.6 Å². The number of amides is 1. The van der Waals surface area contributed by atoms with Crippen molar-refractivity contribution in [3.05, 3.63) is 46.7 Å². The van der Waals surface area contributed by atoms with Crippen molar-refractivity contribution in [3.8, 4) is 0 Å². The Morgan fingerprint density at radius 3 is 2.29 bits per heavy atom. The molecule has 1 aliphatic rings. The molecule has 1 aromatic rings. The highest BCUT2D eigenvalue weighted by atomic mass is 16.3. The van der Waals surface area contributed by atoms with Gasteiger partial charge in [0.15, 0.2) is 11.5 Å². The zero-order valence-corrected chi connectivity index (χ0v) is 12.3. The van der Waals surface area contributed by atoms with Gasteiger partial charge in [-0.05, 0) is 24.0 Å². The Bertz CT molecular complexity index is 601. The number of benzene rings is 1. The zero-order valence-electron chi connectivity index (χ0n) is 12.3. The molecule has 0 spiro atoms. The van der Waals surface area contributed by atoms with Crippen molar-refractivity contribution in [3.63, 3.8) is 0 Å². The molecule has 1 aliphatic heterocycles. The fourth-order valence-corrected chi connectivity index (χ4v) is 2.57. The average Bonchev–Trinajstić information content (AvgIpc) is 2.71. The molecule has 0 aromatic heterocycles. The maximum absolute atomic E-state index is 11.9. The smallest absolute Gasteiger partial charge is 0.291 e. The van der Waals surface area contributed by atoms with E-state index >= 15 is 0 Å². The van der Waals surface area contributed by atoms with Crippen LogP contribution in [0.5, 0.6) is 0 Å². The van der Waals surface area contributed by atoms with Crippen LogP contribution in [0, 0.1) is 0 Å². The molecule has 0 saturated heterocycles. The molecular weight excluding hydrogens is 270 g/mol. The average molecular weight is 289 g/mol. The number of Topliss-reactive ketones (excluding diaryl/α,β-unsaturated/α-hetero) is 1. The molecule has 1 aromatic carbocycles. The molecule has 2 rings (SSSR count). The molecule has 0 bridgehead atoms. The Morgan fingerprint density at radius 2 is 1.86 bits per heavy atom. The van der Waals surface area contributed by atoms with Crippen LogP contribution in [0.4, 0.5) is 0 Å². The Balaban J connectivity index is 2.48. The maximum Gasteiger partial charge on any atom is 0.291 e. The number of ketones is 1. The van der Waals surface area contributed by atoms with Gasteiger partial charge in [0, 0.05) is 0 Å². The van der Waals surface area contributed by atoms with E-state index in [1.807, 2.05) is 24.3 Å². The summed E-state index contributed by atoms with van der Waals surface area (Å²) in [5.41, 5.74) is 1.86. The van der Waals surface area contributed by atoms with Crippen molar-refractivity contribution in [2.75, 3.05) is 6.73 Å². The van der Waals surface area contributed by atoms with Crippen LogP contribution >= 0.6 is 0 Å². The number of rotatable bonds is 4. The minimum atomic E-state index is -0.735. The fraction of sp³-hybridized carbons (Fsp3) is 0.375. The zero-order chi connectivity index (χ0) is 15.7. The summed E-state index contributed by atoms with van der Waals surface area (Å²) in [5.74, 6) is -1.31. The van der Waals surface area contributed by atoms with Gasteiger partial charge in [-0.15, -0.1) is 0 Å². The number of nitrogens with zero attached hydrogens (tertiary/aromatic N) is 1. The largest absolute Gasteiger partial charge is 0.503 e. The second-order valence-electron chi connectivity index (χ2n) is 5.46. The van der Waals surface area contributed by atoms with Crippen molar-refractivity contribution in [2.45, 2.75) is 32.7 Å². The van der Waals surface area contributed by atoms with Crippen LogP contribution in [0.1, 0.15) is 43.9 Å². The van der Waals surface area contributed by atoms with Gasteiger partial charge in [0.1, 0.15) is 6.73 Å². The first-order valence-electron chi connectivity index (χ1n) is 6.84. The quantitative estimate of drug-likeness (QED) is 0.889. The lowest BCUT2D eigenvalue weighted by Gasteiger charge is -2.24. The van der Waals surface area contributed by atoms with Gasteiger partial charge in [0.05, 0.1) is 11.6 Å². The summed E-state index contributed by atoms with van der Waals surface area (Å²) < 4.78 is 0. The Kier molecular flexibility index (Phi) is 4.14. The molecule has 5 nitrogen and oxygen atoms in total. The number of carbonyl (C=O) groups excluding carboxylic acids is 2. The SMILES string of the molecule is CC(=O)C1=C(O)C(=O)N(CO)C1c1ccc(C(C)C)cc1. The van der Waals surface area contributed by atoms with Crippen LogP contribution in [-0.4, -0.2) is 33.5 Å². The third kappa shape index (κ3) is 2.56. The highest BCUT2D eigenvalue weighted by Gasteiger charge is 2.41. The maximum atomic E-state index is 11.9. The lowest BCUT2D eigenvalue weighted by Crippen LogP contribution is -2.31. The van der Waals surface area contributed by atoms with Crippen LogP contribution in [0.3, 0.4) is 0 Å². The van der Waals surface area contributed by atoms with E-state index in [4.69, 9.17) is 0 Å². The number of aliphatic hydroxyl groups excluding tert-OH is 2. The van der Waals surface area contributed by atoms with E-state index in [2.05, 4.69) is 13.8 Å². The second kappa shape index (κ2) is 5.69. The lowest BCUT2D eigenvalue weighted by molar-refractivity contribution is -0.133. The number of hydrogen-bond donors (Lipinski definition) is 2. The van der Waals surface area contributed by atoms with E-state index in [1.54, 1.807) is 0 Å². The third-order valence-corrected chi connectivity index (χ3v) is 3.75. The van der Waals surface area contributed by atoms with Gasteiger partial charge in [-0.1, -0.05) is 38.1 Å². The van der Waals surface area contributed by atoms with E-state index in [1.165, 1.54) is 6.92 Å². The molecule has 0 saturated carbocycles. The molecule has 0 radical (unpaired) electrons. The predicted octanol–water partition coefficient (Wildman–Crippen LogP) is 2.04. The predicted molar refractivity (Wildman–Crippen MR) is 77.5 cm³/mol. The van der Waals surface area contributed by atoms with Gasteiger partial charge < -0.3 is 15.1 Å². The van der Waals surface area contributed by atoms with Crippen molar-refractivity contribution < 1.29 is 19.8 Å². The van der Waals surface area contributed by atoms with Crippen LogP contribution in [0.25, 0.3) is 0 Å². The second-order valence-corrected chi connectivity index (χ2v) is 5.46. The van der Waals surface area contributed by atoms with Gasteiger partial charge in [0.2, 0.25) is 0 Å². The van der Waals surface area contributed by atoms with Crippen molar-refractivity contribution in [1.82, 2.24) is 4.90 Å². The van der Waals surface area contributed by atoms with Crippen LogP contribution < -0.4 is 0 Å². The van der Waals surface area contributed by atoms with E-state index in [0.29, 0.717) is 11.5 Å². The molecule has 1 amide bonds. The topological polar surface area (TPSA) is 77.8 Å². The summed E-state index contributed by atoms with van der Waals surface area (Å²) in [7, 11) is 0. The van der Waals surface area contributed by atoms with Crippen LogP contribution in [0.2, 0.25) is 0 Å². The summed E-state index contributed by atoms with van der Waals surface area (Å²) in [5, 5.41) is 19.2. The van der Waals surface area contributed by atoms with E-state index in [9.17, 15) is 19.8 Å². The third-order valence-electron chi connectivity index (χ3n) is 3.75. The molecule has 1 heterocycles. The molecule has 0 fully saturated rings. The summed E-state index contributed by atoms with van der Waals surface area (Å²) in [6, 6.07) is 6.75. The van der Waals surface area contributed by atoms with Gasteiger partial charge in [-0.2, -0.15) is 0 Å². The minimum absolute atomic E-state index is 0.0337. The first-order valence-corrected chi connectivity index (χ1v) is 6.84. The highest BCUT2D eigenvalue weighted by Crippen LogP contribution is 2.37. The van der Waals surface area contributed by atoms with E-state index in [0.717, 1.165) is 10.5 Å².